The molecule has 0 radical (unpaired) electrons. The van der Waals surface area contributed by atoms with Crippen molar-refractivity contribution in [3.05, 3.63) is 119 Å². The molecule has 0 bridgehead atoms. The van der Waals surface area contributed by atoms with Crippen LogP contribution in [0.5, 0.6) is 0 Å². The van der Waals surface area contributed by atoms with Gasteiger partial charge in [0.25, 0.3) is 11.8 Å². The standard InChI is InChI=1S/C30H33N5O6.C25H25N5O4/c1-30(2,3)41-29(40)33-13-11-18(12-14-33)34-16-17(15-31-34)26(37)20-7-8-22-25-19(20)5-4-6-21(25)28(39)35(22)23-9-10-24(36)32-27(23)38;31-21-7-6-20(24(33)28-21)30-19-5-4-17(16-2-1-3-18(22(16)19)25(30)34)23(32)14-12-27-29(13-14)15-8-10-26-11-9-15/h4-8,15-16,18,23,26,37H,9-14H2,1-3H3,(H,32,36,38);1-5,12-13,15,20,23,26,32H,6-11H2,(H,28,31,33). The zero-order valence-corrected chi connectivity index (χ0v) is 41.8. The number of carbonyl (C=O) groups is 7. The molecule has 388 valence electrons. The van der Waals surface area contributed by atoms with E-state index in [0.717, 1.165) is 49.5 Å². The molecule has 4 atom stereocenters. The fourth-order valence-corrected chi connectivity index (χ4v) is 11.5. The number of amides is 7. The Bertz CT molecular complexity index is 3330. The number of likely N-dealkylation sites (tertiary alicyclic amines) is 1. The van der Waals surface area contributed by atoms with E-state index >= 15 is 0 Å². The van der Waals surface area contributed by atoms with Gasteiger partial charge in [-0.15, -0.1) is 0 Å². The van der Waals surface area contributed by atoms with Gasteiger partial charge in [0.2, 0.25) is 23.6 Å². The molecule has 2 aromatic heterocycles. The summed E-state index contributed by atoms with van der Waals surface area (Å²) in [7, 11) is 0. The summed E-state index contributed by atoms with van der Waals surface area (Å²) in [6.45, 7) is 8.57. The average molecular weight is 1020 g/mol. The molecular formula is C55H58N10O10. The lowest BCUT2D eigenvalue weighted by Crippen LogP contribution is -2.53. The van der Waals surface area contributed by atoms with Crippen molar-refractivity contribution in [3.8, 4) is 0 Å². The lowest BCUT2D eigenvalue weighted by atomic mass is 9.95. The molecule has 0 saturated carbocycles. The number of aliphatic hydroxyl groups excluding tert-OH is 2. The molecule has 6 aliphatic heterocycles. The molecule has 4 aromatic carbocycles. The van der Waals surface area contributed by atoms with Crippen molar-refractivity contribution >= 4 is 74.5 Å². The molecule has 0 spiro atoms. The molecule has 4 fully saturated rings. The summed E-state index contributed by atoms with van der Waals surface area (Å²) < 4.78 is 9.28. The molecule has 6 aromatic rings. The summed E-state index contributed by atoms with van der Waals surface area (Å²) in [4.78, 5) is 92.2. The van der Waals surface area contributed by atoms with Crippen LogP contribution < -0.4 is 25.8 Å². The number of carbonyl (C=O) groups excluding carboxylic acids is 7. The summed E-state index contributed by atoms with van der Waals surface area (Å²) in [6.07, 6.45) is 9.22. The second-order valence-electron chi connectivity index (χ2n) is 21.1. The zero-order valence-electron chi connectivity index (χ0n) is 41.8. The van der Waals surface area contributed by atoms with Crippen LogP contribution in [0.3, 0.4) is 0 Å². The first-order chi connectivity index (χ1) is 36.0. The molecular weight excluding hydrogens is 961 g/mol. The lowest BCUT2D eigenvalue weighted by molar-refractivity contribution is -0.135. The second-order valence-corrected chi connectivity index (χ2v) is 21.1. The Morgan fingerprint density at radius 2 is 1.08 bits per heavy atom. The molecule has 12 rings (SSSR count). The first-order valence-electron chi connectivity index (χ1n) is 25.6. The molecule has 7 amide bonds. The predicted molar refractivity (Wildman–Crippen MR) is 274 cm³/mol. The number of aliphatic hydroxyl groups is 2. The monoisotopic (exact) mass is 1020 g/mol. The Morgan fingerprint density at radius 1 is 0.627 bits per heavy atom. The van der Waals surface area contributed by atoms with Gasteiger partial charge in [-0.2, -0.15) is 10.2 Å². The Morgan fingerprint density at radius 3 is 1.52 bits per heavy atom. The number of imide groups is 2. The van der Waals surface area contributed by atoms with Crippen molar-refractivity contribution < 1.29 is 48.5 Å². The van der Waals surface area contributed by atoms with E-state index in [1.807, 2.05) is 60.7 Å². The minimum atomic E-state index is -0.991. The highest BCUT2D eigenvalue weighted by molar-refractivity contribution is 6.28. The molecule has 4 saturated heterocycles. The van der Waals surface area contributed by atoms with Crippen molar-refractivity contribution in [1.29, 1.82) is 0 Å². The minimum Gasteiger partial charge on any atom is -0.444 e. The van der Waals surface area contributed by atoms with Crippen molar-refractivity contribution in [3.63, 3.8) is 0 Å². The first kappa shape index (κ1) is 49.4. The van der Waals surface area contributed by atoms with Gasteiger partial charge in [-0.1, -0.05) is 36.4 Å². The number of nitrogens with zero attached hydrogens (tertiary/aromatic N) is 7. The van der Waals surface area contributed by atoms with Crippen LogP contribution in [-0.4, -0.2) is 120 Å². The van der Waals surface area contributed by atoms with Crippen molar-refractivity contribution in [2.75, 3.05) is 36.0 Å². The fraction of sp³-hybridized carbons (Fsp3) is 0.400. The topological polar surface area (TPSA) is 251 Å². The van der Waals surface area contributed by atoms with Crippen LogP contribution in [0.2, 0.25) is 0 Å². The van der Waals surface area contributed by atoms with E-state index in [2.05, 4.69) is 26.1 Å². The van der Waals surface area contributed by atoms with E-state index in [1.165, 1.54) is 9.80 Å². The molecule has 20 nitrogen and oxygen atoms in total. The number of hydrogen-bond donors (Lipinski definition) is 5. The van der Waals surface area contributed by atoms with Gasteiger partial charge >= 0.3 is 6.09 Å². The summed E-state index contributed by atoms with van der Waals surface area (Å²) in [5.41, 5.74) is 4.27. The summed E-state index contributed by atoms with van der Waals surface area (Å²) in [6, 6.07) is 16.8. The van der Waals surface area contributed by atoms with Gasteiger partial charge < -0.3 is 25.2 Å². The second kappa shape index (κ2) is 19.5. The molecule has 5 N–H and O–H groups in total. The third-order valence-corrected chi connectivity index (χ3v) is 15.2. The van der Waals surface area contributed by atoms with Gasteiger partial charge in [-0.05, 0) is 119 Å². The highest BCUT2D eigenvalue weighted by Gasteiger charge is 2.43. The highest BCUT2D eigenvalue weighted by atomic mass is 16.6. The molecule has 75 heavy (non-hydrogen) atoms. The zero-order chi connectivity index (χ0) is 52.4. The number of benzene rings is 4. The van der Waals surface area contributed by atoms with Crippen LogP contribution in [0.25, 0.3) is 21.5 Å². The lowest BCUT2D eigenvalue weighted by Gasteiger charge is -2.33. The number of ether oxygens (including phenoxy) is 1. The average Bonchev–Trinajstić information content (AvgIpc) is 4.23. The summed E-state index contributed by atoms with van der Waals surface area (Å²) in [5, 5.41) is 42.7. The maximum absolute atomic E-state index is 13.4. The van der Waals surface area contributed by atoms with E-state index in [-0.39, 0.29) is 61.4 Å². The van der Waals surface area contributed by atoms with E-state index in [1.54, 1.807) is 59.8 Å². The molecule has 4 unspecified atom stereocenters. The molecule has 0 aliphatic carbocycles. The van der Waals surface area contributed by atoms with Crippen LogP contribution in [0.15, 0.2) is 85.5 Å². The van der Waals surface area contributed by atoms with Crippen molar-refractivity contribution in [2.24, 2.45) is 0 Å². The fourth-order valence-electron chi connectivity index (χ4n) is 11.5. The third-order valence-electron chi connectivity index (χ3n) is 15.2. The van der Waals surface area contributed by atoms with E-state index in [9.17, 15) is 43.8 Å². The van der Waals surface area contributed by atoms with E-state index < -0.39 is 41.7 Å². The van der Waals surface area contributed by atoms with Gasteiger partial charge in [-0.25, -0.2) is 4.79 Å². The molecule has 20 heteroatoms. The number of rotatable bonds is 8. The van der Waals surface area contributed by atoms with Gasteiger partial charge in [0.05, 0.1) is 35.9 Å². The van der Waals surface area contributed by atoms with Gasteiger partial charge in [0, 0.05) is 71.4 Å². The Hall–Kier alpha value is -7.81. The van der Waals surface area contributed by atoms with Crippen LogP contribution >= 0.6 is 0 Å². The Balaban J connectivity index is 0.000000163. The number of aromatic nitrogens is 4. The summed E-state index contributed by atoms with van der Waals surface area (Å²) >= 11 is 0. The van der Waals surface area contributed by atoms with Crippen molar-refractivity contribution in [2.45, 2.75) is 114 Å². The van der Waals surface area contributed by atoms with Crippen molar-refractivity contribution in [1.82, 2.24) is 40.4 Å². The normalized spacial score (nSPS) is 21.1. The number of piperidine rings is 4. The van der Waals surface area contributed by atoms with Gasteiger partial charge in [-0.3, -0.25) is 58.6 Å². The maximum atomic E-state index is 13.4. The molecule has 6 aliphatic rings. The van der Waals surface area contributed by atoms with E-state index in [4.69, 9.17) is 4.74 Å². The Kier molecular flexibility index (Phi) is 12.8. The van der Waals surface area contributed by atoms with Crippen LogP contribution in [0, 0.1) is 0 Å². The van der Waals surface area contributed by atoms with Gasteiger partial charge in [0.1, 0.15) is 29.9 Å². The number of hydrogen-bond acceptors (Lipinski definition) is 13. The third kappa shape index (κ3) is 9.09. The number of nitrogens with one attached hydrogen (secondary N) is 3. The quantitative estimate of drug-likeness (QED) is 0.122. The highest BCUT2D eigenvalue weighted by Crippen LogP contribution is 2.45. The summed E-state index contributed by atoms with van der Waals surface area (Å²) in [5.74, 6) is -2.16. The van der Waals surface area contributed by atoms with Gasteiger partial charge in [0.15, 0.2) is 0 Å². The minimum absolute atomic E-state index is 0.0853. The molecule has 8 heterocycles. The SMILES string of the molecule is CC(C)(C)OC(=O)N1CCC(n2cc(C(O)c3ccc4c5c(cccc35)C(=O)N4C3CCC(=O)NC3=O)cn2)CC1.O=C1CCC(N2C(=O)c3cccc4c(C(O)c5cnn(C6CCNCC6)c5)ccc2c34)C(=O)N1. The largest absolute Gasteiger partial charge is 0.444 e. The van der Waals surface area contributed by atoms with Crippen LogP contribution in [-0.2, 0) is 23.9 Å². The van der Waals surface area contributed by atoms with Crippen LogP contribution in [0.1, 0.15) is 139 Å². The first-order valence-corrected chi connectivity index (χ1v) is 25.6. The van der Waals surface area contributed by atoms with E-state index in [0.29, 0.717) is 74.7 Å². The van der Waals surface area contributed by atoms with Crippen LogP contribution in [0.4, 0.5) is 16.2 Å². The Labute approximate surface area is 430 Å². The predicted octanol–water partition coefficient (Wildman–Crippen LogP) is 5.26. The smallest absolute Gasteiger partial charge is 0.410 e. The number of anilines is 2. The maximum Gasteiger partial charge on any atom is 0.410 e.